The fourth-order valence-electron chi connectivity index (χ4n) is 1.94. The minimum absolute atomic E-state index is 0.131. The van der Waals surface area contributed by atoms with Crippen LogP contribution in [0.25, 0.3) is 16.9 Å². The molecule has 0 aliphatic rings. The molecule has 0 atom stereocenters. The molecule has 0 radical (unpaired) electrons. The van der Waals surface area contributed by atoms with E-state index in [4.69, 9.17) is 29.2 Å². The number of phenolic OH excluding ortho intramolecular Hbond substituents is 1. The molecule has 3 aromatic rings. The summed E-state index contributed by atoms with van der Waals surface area (Å²) >= 11 is 10.2. The highest BCUT2D eigenvalue weighted by molar-refractivity contribution is 7.72. The van der Waals surface area contributed by atoms with Gasteiger partial charge in [0.25, 0.3) is 0 Å². The Balaban J connectivity index is 2.28. The van der Waals surface area contributed by atoms with E-state index < -0.39 is 0 Å². The first-order valence-electron chi connectivity index (χ1n) is 5.67. The second kappa shape index (κ2) is 4.73. The fourth-order valence-corrected chi connectivity index (χ4v) is 2.45. The molecule has 0 saturated carbocycles. The van der Waals surface area contributed by atoms with E-state index in [0.717, 1.165) is 5.56 Å². The number of aromatic hydroxyl groups is 1. The van der Waals surface area contributed by atoms with Gasteiger partial charge in [0.15, 0.2) is 15.1 Å². The molecule has 1 aromatic carbocycles. The molecule has 0 amide bonds. The Kier molecular flexibility index (Phi) is 3.03. The fraction of sp³-hybridized carbons (Fsp3) is 0.0833. The zero-order valence-electron chi connectivity index (χ0n) is 10.4. The van der Waals surface area contributed by atoms with Gasteiger partial charge in [0.05, 0.1) is 19.0 Å². The minimum Gasteiger partial charge on any atom is -0.508 e. The van der Waals surface area contributed by atoms with Crippen LogP contribution in [0, 0.1) is 9.41 Å². The molecule has 0 fully saturated rings. The Morgan fingerprint density at radius 1 is 1.35 bits per heavy atom. The van der Waals surface area contributed by atoms with Gasteiger partial charge < -0.3 is 14.8 Å². The number of hydrogen-bond donors (Lipinski definition) is 3. The van der Waals surface area contributed by atoms with Crippen LogP contribution in [0.5, 0.6) is 11.5 Å². The summed E-state index contributed by atoms with van der Waals surface area (Å²) in [6, 6.07) is 4.84. The van der Waals surface area contributed by atoms with Gasteiger partial charge in [0.2, 0.25) is 0 Å². The van der Waals surface area contributed by atoms with E-state index in [0.29, 0.717) is 26.5 Å². The summed E-state index contributed by atoms with van der Waals surface area (Å²) in [5.74, 6) is 0.660. The van der Waals surface area contributed by atoms with Crippen LogP contribution in [0.3, 0.4) is 0 Å². The lowest BCUT2D eigenvalue weighted by molar-refractivity contribution is 0.409. The maximum Gasteiger partial charge on any atom is 0.190 e. The van der Waals surface area contributed by atoms with Gasteiger partial charge in [-0.15, -0.1) is 0 Å². The van der Waals surface area contributed by atoms with Crippen LogP contribution < -0.4 is 4.74 Å². The zero-order chi connectivity index (χ0) is 14.3. The van der Waals surface area contributed by atoms with Crippen molar-refractivity contribution in [3.05, 3.63) is 33.8 Å². The normalized spacial score (nSPS) is 10.8. The van der Waals surface area contributed by atoms with Crippen LogP contribution in [-0.4, -0.2) is 31.8 Å². The van der Waals surface area contributed by atoms with E-state index in [9.17, 15) is 5.11 Å². The summed E-state index contributed by atoms with van der Waals surface area (Å²) in [4.78, 5) is 7.29. The number of methoxy groups -OCH3 is 1. The number of fused-ring (bicyclic) bond motifs is 1. The standard InChI is InChI=1S/C12H10N4O2S2/c1-18-9-4-6(17)2-3-7(9)8-5-16-10(13-8)11(19)14-12(20)15-16/h2-5,17H,1H3,(H2,14,15,19,20). The maximum atomic E-state index is 9.49. The lowest BCUT2D eigenvalue weighted by Gasteiger charge is -2.05. The van der Waals surface area contributed by atoms with E-state index in [-0.39, 0.29) is 5.75 Å². The summed E-state index contributed by atoms with van der Waals surface area (Å²) in [6.45, 7) is 0. The van der Waals surface area contributed by atoms with Gasteiger partial charge in [-0.3, -0.25) is 5.10 Å². The lowest BCUT2D eigenvalue weighted by atomic mass is 10.1. The van der Waals surface area contributed by atoms with Crippen LogP contribution in [-0.2, 0) is 0 Å². The maximum absolute atomic E-state index is 9.49. The molecule has 0 spiro atoms. The number of aromatic nitrogens is 4. The topological polar surface area (TPSA) is 78.3 Å². The predicted octanol–water partition coefficient (Wildman–Crippen LogP) is 2.83. The Bertz CT molecular complexity index is 910. The predicted molar refractivity (Wildman–Crippen MR) is 79.2 cm³/mol. The Labute approximate surface area is 123 Å². The van der Waals surface area contributed by atoms with Crippen molar-refractivity contribution in [2.75, 3.05) is 7.11 Å². The van der Waals surface area contributed by atoms with Crippen LogP contribution >= 0.6 is 24.4 Å². The van der Waals surface area contributed by atoms with Crippen LogP contribution in [0.2, 0.25) is 0 Å². The first-order chi connectivity index (χ1) is 9.58. The van der Waals surface area contributed by atoms with Gasteiger partial charge in [-0.05, 0) is 24.4 Å². The number of benzene rings is 1. The molecule has 6 nitrogen and oxygen atoms in total. The van der Waals surface area contributed by atoms with E-state index >= 15 is 0 Å². The number of imidazole rings is 1. The molecule has 2 heterocycles. The number of aromatic amines is 2. The van der Waals surface area contributed by atoms with E-state index in [1.54, 1.807) is 22.8 Å². The van der Waals surface area contributed by atoms with Gasteiger partial charge in [-0.2, -0.15) is 0 Å². The molecule has 2 aromatic heterocycles. The Morgan fingerprint density at radius 3 is 2.90 bits per heavy atom. The molecule has 0 aliphatic carbocycles. The van der Waals surface area contributed by atoms with Crippen molar-refractivity contribution < 1.29 is 9.84 Å². The smallest absolute Gasteiger partial charge is 0.190 e. The van der Waals surface area contributed by atoms with Gasteiger partial charge in [0.1, 0.15) is 11.5 Å². The molecular weight excluding hydrogens is 296 g/mol. The summed E-state index contributed by atoms with van der Waals surface area (Å²) in [6.07, 6.45) is 1.77. The number of ether oxygens (including phenoxy) is 1. The third kappa shape index (κ3) is 2.08. The molecule has 102 valence electrons. The molecular formula is C12H10N4O2S2. The zero-order valence-corrected chi connectivity index (χ0v) is 12.0. The van der Waals surface area contributed by atoms with Crippen molar-refractivity contribution in [1.82, 2.24) is 19.6 Å². The summed E-state index contributed by atoms with van der Waals surface area (Å²) in [5, 5.41) is 12.4. The highest BCUT2D eigenvalue weighted by Gasteiger charge is 2.11. The van der Waals surface area contributed by atoms with Gasteiger partial charge in [-0.25, -0.2) is 9.50 Å². The number of hydrogen-bond acceptors (Lipinski definition) is 5. The summed E-state index contributed by atoms with van der Waals surface area (Å²) in [7, 11) is 1.54. The minimum atomic E-state index is 0.131. The largest absolute Gasteiger partial charge is 0.508 e. The van der Waals surface area contributed by atoms with Crippen molar-refractivity contribution in [1.29, 1.82) is 0 Å². The summed E-state index contributed by atoms with van der Waals surface area (Å²) < 4.78 is 7.79. The average Bonchev–Trinajstić information content (AvgIpc) is 2.82. The lowest BCUT2D eigenvalue weighted by Crippen LogP contribution is -1.93. The highest BCUT2D eigenvalue weighted by atomic mass is 32.1. The Hall–Kier alpha value is -2.19. The second-order valence-corrected chi connectivity index (χ2v) is 4.92. The number of phenols is 1. The van der Waals surface area contributed by atoms with Crippen LogP contribution in [0.4, 0.5) is 0 Å². The molecule has 3 rings (SSSR count). The molecule has 20 heavy (non-hydrogen) atoms. The first kappa shape index (κ1) is 12.8. The van der Waals surface area contributed by atoms with Crippen molar-refractivity contribution in [3.8, 4) is 22.8 Å². The molecule has 0 unspecified atom stereocenters. The molecule has 3 N–H and O–H groups in total. The Morgan fingerprint density at radius 2 is 2.15 bits per heavy atom. The van der Waals surface area contributed by atoms with Gasteiger partial charge in [-0.1, -0.05) is 12.2 Å². The highest BCUT2D eigenvalue weighted by Crippen LogP contribution is 2.32. The quantitative estimate of drug-likeness (QED) is 0.635. The third-order valence-electron chi connectivity index (χ3n) is 2.82. The van der Waals surface area contributed by atoms with Crippen molar-refractivity contribution in [3.63, 3.8) is 0 Å². The van der Waals surface area contributed by atoms with E-state index in [1.165, 1.54) is 13.2 Å². The first-order valence-corrected chi connectivity index (χ1v) is 6.49. The van der Waals surface area contributed by atoms with E-state index in [2.05, 4.69) is 15.1 Å². The van der Waals surface area contributed by atoms with Crippen molar-refractivity contribution in [2.24, 2.45) is 0 Å². The van der Waals surface area contributed by atoms with Crippen molar-refractivity contribution >= 4 is 30.1 Å². The molecule has 0 bridgehead atoms. The second-order valence-electron chi connectivity index (χ2n) is 4.10. The average molecular weight is 306 g/mol. The summed E-state index contributed by atoms with van der Waals surface area (Å²) in [5.41, 5.74) is 1.99. The molecule has 8 heteroatoms. The van der Waals surface area contributed by atoms with E-state index in [1.807, 2.05) is 0 Å². The van der Waals surface area contributed by atoms with Crippen LogP contribution in [0.1, 0.15) is 0 Å². The number of nitrogens with one attached hydrogen (secondary N) is 2. The number of rotatable bonds is 2. The van der Waals surface area contributed by atoms with Crippen molar-refractivity contribution in [2.45, 2.75) is 0 Å². The SMILES string of the molecule is COc1cc(O)ccc1-c1cn2[nH]c(=S)[nH]c(=S)c2n1. The number of H-pyrrole nitrogens is 2. The van der Waals surface area contributed by atoms with Gasteiger partial charge >= 0.3 is 0 Å². The molecule has 0 aliphatic heterocycles. The third-order valence-corrected chi connectivity index (χ3v) is 3.30. The molecule has 0 saturated heterocycles. The number of nitrogens with zero attached hydrogens (tertiary/aromatic N) is 2. The van der Waals surface area contributed by atoms with Gasteiger partial charge in [0, 0.05) is 11.6 Å². The monoisotopic (exact) mass is 306 g/mol. The van der Waals surface area contributed by atoms with Crippen LogP contribution in [0.15, 0.2) is 24.4 Å².